The number of oxime groups is 2. The summed E-state index contributed by atoms with van der Waals surface area (Å²) in [6.45, 7) is 9.20. The van der Waals surface area contributed by atoms with Crippen LogP contribution in [0.4, 0.5) is 0 Å². The van der Waals surface area contributed by atoms with Crippen molar-refractivity contribution in [2.75, 3.05) is 0 Å². The van der Waals surface area contributed by atoms with Gasteiger partial charge in [0.15, 0.2) is 11.6 Å². The highest BCUT2D eigenvalue weighted by molar-refractivity contribution is 6.18. The van der Waals surface area contributed by atoms with Crippen LogP contribution in [0.25, 0.3) is 43.6 Å². The Morgan fingerprint density at radius 2 is 0.750 bits per heavy atom. The van der Waals surface area contributed by atoms with Crippen LogP contribution in [0.2, 0.25) is 0 Å². The number of hydrogen-bond acceptors (Lipinski definition) is 6. The van der Waals surface area contributed by atoms with Crippen LogP contribution in [0.1, 0.15) is 70.7 Å². The van der Waals surface area contributed by atoms with Gasteiger partial charge in [-0.3, -0.25) is 9.59 Å². The first kappa shape index (κ1) is 30.6. The van der Waals surface area contributed by atoms with E-state index < -0.39 is 0 Å². The van der Waals surface area contributed by atoms with Crippen molar-refractivity contribution in [1.82, 2.24) is 9.13 Å². The molecule has 7 aromatic rings. The predicted molar refractivity (Wildman–Crippen MR) is 192 cm³/mol. The zero-order chi connectivity index (χ0) is 33.7. The molecule has 0 aliphatic rings. The lowest BCUT2D eigenvalue weighted by molar-refractivity contribution is 0.102. The van der Waals surface area contributed by atoms with Crippen LogP contribution < -0.4 is 0 Å². The molecule has 48 heavy (non-hydrogen) atoms. The van der Waals surface area contributed by atoms with E-state index in [9.17, 15) is 20.0 Å². The first-order chi connectivity index (χ1) is 23.3. The summed E-state index contributed by atoms with van der Waals surface area (Å²) in [7, 11) is 0. The number of aryl methyl sites for hydroxylation is 2. The van der Waals surface area contributed by atoms with Crippen molar-refractivity contribution >= 4 is 66.6 Å². The van der Waals surface area contributed by atoms with E-state index in [0.717, 1.165) is 67.8 Å². The number of carbonyl (C=O) groups excluding carboxylic acids is 2. The van der Waals surface area contributed by atoms with Crippen molar-refractivity contribution in [1.29, 1.82) is 0 Å². The second-order valence-corrected chi connectivity index (χ2v) is 12.0. The molecule has 5 aromatic carbocycles. The third kappa shape index (κ3) is 4.84. The molecule has 7 rings (SSSR count). The minimum atomic E-state index is -0.135. The SMILES string of the molecule is CCn1c2ccc(C(=O)c3ccc(C(=O)c4ccc5c(c4)c4cc(/C(C)=N/O)ccc4n5CC)cc3)cc2c2cc(/C(C)=N/O)ccc21. The summed E-state index contributed by atoms with van der Waals surface area (Å²) >= 11 is 0. The highest BCUT2D eigenvalue weighted by Crippen LogP contribution is 2.33. The molecule has 2 N–H and O–H groups in total. The minimum absolute atomic E-state index is 0.135. The minimum Gasteiger partial charge on any atom is -0.411 e. The van der Waals surface area contributed by atoms with E-state index in [0.29, 0.717) is 33.7 Å². The fraction of sp³-hybridized carbons (Fsp3) is 0.150. The van der Waals surface area contributed by atoms with E-state index in [-0.39, 0.29) is 11.6 Å². The average Bonchev–Trinajstić information content (AvgIpc) is 3.63. The molecule has 0 amide bonds. The van der Waals surface area contributed by atoms with Gasteiger partial charge in [-0.2, -0.15) is 0 Å². The zero-order valence-corrected chi connectivity index (χ0v) is 27.2. The molecule has 0 fully saturated rings. The van der Waals surface area contributed by atoms with Gasteiger partial charge >= 0.3 is 0 Å². The maximum atomic E-state index is 13.7. The summed E-state index contributed by atoms with van der Waals surface area (Å²) < 4.78 is 4.41. The fourth-order valence-corrected chi connectivity index (χ4v) is 6.84. The van der Waals surface area contributed by atoms with Crippen molar-refractivity contribution in [2.24, 2.45) is 10.3 Å². The predicted octanol–water partition coefficient (Wildman–Crippen LogP) is 8.80. The number of nitrogens with zero attached hydrogens (tertiary/aromatic N) is 4. The lowest BCUT2D eigenvalue weighted by Gasteiger charge is -2.07. The number of fused-ring (bicyclic) bond motifs is 6. The lowest BCUT2D eigenvalue weighted by atomic mass is 9.97. The highest BCUT2D eigenvalue weighted by atomic mass is 16.4. The first-order valence-corrected chi connectivity index (χ1v) is 16.0. The first-order valence-electron chi connectivity index (χ1n) is 16.0. The molecule has 8 heteroatoms. The van der Waals surface area contributed by atoms with Crippen LogP contribution in [-0.4, -0.2) is 42.5 Å². The van der Waals surface area contributed by atoms with E-state index in [2.05, 4.69) is 33.3 Å². The third-order valence-corrected chi connectivity index (χ3v) is 9.43. The average molecular weight is 635 g/mol. The van der Waals surface area contributed by atoms with E-state index in [1.807, 2.05) is 72.8 Å². The van der Waals surface area contributed by atoms with Gasteiger partial charge in [0.1, 0.15) is 0 Å². The molecule has 0 radical (unpaired) electrons. The smallest absolute Gasteiger partial charge is 0.193 e. The zero-order valence-electron chi connectivity index (χ0n) is 27.2. The Morgan fingerprint density at radius 3 is 1.04 bits per heavy atom. The Hall–Kier alpha value is -6.02. The van der Waals surface area contributed by atoms with E-state index >= 15 is 0 Å². The molecule has 0 spiro atoms. The number of hydrogen-bond donors (Lipinski definition) is 2. The van der Waals surface area contributed by atoms with Gasteiger partial charge in [-0.25, -0.2) is 0 Å². The van der Waals surface area contributed by atoms with Crippen molar-refractivity contribution in [2.45, 2.75) is 40.8 Å². The number of aromatic nitrogens is 2. The second-order valence-electron chi connectivity index (χ2n) is 12.0. The molecular weight excluding hydrogens is 600 g/mol. The summed E-state index contributed by atoms with van der Waals surface area (Å²) in [5.74, 6) is -0.271. The number of ketones is 2. The fourth-order valence-electron chi connectivity index (χ4n) is 6.84. The number of benzene rings is 5. The molecule has 2 aromatic heterocycles. The van der Waals surface area contributed by atoms with Crippen molar-refractivity contribution in [3.8, 4) is 0 Å². The molecule has 0 bridgehead atoms. The van der Waals surface area contributed by atoms with E-state index in [1.165, 1.54) is 0 Å². The molecule has 2 heterocycles. The Balaban J connectivity index is 1.22. The maximum Gasteiger partial charge on any atom is 0.193 e. The number of rotatable bonds is 8. The van der Waals surface area contributed by atoms with Gasteiger partial charge in [0.25, 0.3) is 0 Å². The topological polar surface area (TPSA) is 109 Å². The summed E-state index contributed by atoms with van der Waals surface area (Å²) in [4.78, 5) is 27.4. The largest absolute Gasteiger partial charge is 0.411 e. The van der Waals surface area contributed by atoms with Crippen LogP contribution in [0.15, 0.2) is 107 Å². The standard InChI is InChI=1S/C40H34N4O4/c1-5-43-35-15-11-27(23(3)41-47)19-31(35)33-21-29(13-17-37(33)43)39(45)25-7-9-26(10-8-25)40(46)30-14-18-38-34(22-30)32-20-28(24(4)42-48)12-16-36(32)44(38)6-2/h7-22,47-48H,5-6H2,1-4H3/b41-23+,42-24+. The van der Waals surface area contributed by atoms with Crippen molar-refractivity contribution < 1.29 is 20.0 Å². The molecule has 0 atom stereocenters. The van der Waals surface area contributed by atoms with Gasteiger partial charge in [0, 0.05) is 79.0 Å². The second kappa shape index (κ2) is 12.0. The Bertz CT molecular complexity index is 2320. The Labute approximate surface area is 276 Å². The Kier molecular flexibility index (Phi) is 7.64. The van der Waals surface area contributed by atoms with Crippen LogP contribution in [0.3, 0.4) is 0 Å². The Morgan fingerprint density at radius 1 is 0.479 bits per heavy atom. The summed E-state index contributed by atoms with van der Waals surface area (Å²) in [5.41, 5.74) is 8.85. The van der Waals surface area contributed by atoms with Gasteiger partial charge in [-0.1, -0.05) is 46.7 Å². The van der Waals surface area contributed by atoms with Gasteiger partial charge in [-0.05, 0) is 99.5 Å². The molecule has 8 nitrogen and oxygen atoms in total. The van der Waals surface area contributed by atoms with Crippen LogP contribution >= 0.6 is 0 Å². The third-order valence-electron chi connectivity index (χ3n) is 9.43. The van der Waals surface area contributed by atoms with E-state index in [4.69, 9.17) is 0 Å². The molecule has 0 saturated heterocycles. The van der Waals surface area contributed by atoms with Crippen molar-refractivity contribution in [3.63, 3.8) is 0 Å². The van der Waals surface area contributed by atoms with E-state index in [1.54, 1.807) is 38.1 Å². The monoisotopic (exact) mass is 634 g/mol. The highest BCUT2D eigenvalue weighted by Gasteiger charge is 2.18. The normalized spacial score (nSPS) is 12.5. The quantitative estimate of drug-likeness (QED) is 0.0754. The molecule has 0 unspecified atom stereocenters. The molecule has 238 valence electrons. The summed E-state index contributed by atoms with van der Waals surface area (Å²) in [6, 6.07) is 30.2. The molecule has 0 saturated carbocycles. The molecular formula is C40H34N4O4. The van der Waals surface area contributed by atoms with Crippen LogP contribution in [0, 0.1) is 0 Å². The summed E-state index contributed by atoms with van der Waals surface area (Å²) in [5, 5.41) is 29.2. The lowest BCUT2D eigenvalue weighted by Crippen LogP contribution is -2.05. The molecule has 0 aliphatic heterocycles. The molecule has 0 aliphatic carbocycles. The maximum absolute atomic E-state index is 13.7. The van der Waals surface area contributed by atoms with Crippen molar-refractivity contribution in [3.05, 3.63) is 130 Å². The number of carbonyl (C=O) groups is 2. The van der Waals surface area contributed by atoms with Gasteiger partial charge in [0.05, 0.1) is 11.4 Å². The van der Waals surface area contributed by atoms with Gasteiger partial charge < -0.3 is 19.5 Å². The summed E-state index contributed by atoms with van der Waals surface area (Å²) in [6.07, 6.45) is 0. The van der Waals surface area contributed by atoms with Crippen LogP contribution in [-0.2, 0) is 13.1 Å². The van der Waals surface area contributed by atoms with Crippen LogP contribution in [0.5, 0.6) is 0 Å². The van der Waals surface area contributed by atoms with Gasteiger partial charge in [0.2, 0.25) is 0 Å². The van der Waals surface area contributed by atoms with Gasteiger partial charge in [-0.15, -0.1) is 0 Å².